The number of amides is 1. The number of hydrogen-bond acceptors (Lipinski definition) is 3. The van der Waals surface area contributed by atoms with Gasteiger partial charge in [0.05, 0.1) is 11.4 Å². The highest BCUT2D eigenvalue weighted by Crippen LogP contribution is 2.54. The monoisotopic (exact) mass is 407 g/mol. The number of carbonyl (C=O) groups is 1. The van der Waals surface area contributed by atoms with Crippen LogP contribution in [-0.4, -0.2) is 17.7 Å². The minimum Gasteiger partial charge on any atom is -0.387 e. The van der Waals surface area contributed by atoms with Gasteiger partial charge in [-0.2, -0.15) is 0 Å². The molecule has 2 saturated carbocycles. The number of nitrogens with zero attached hydrogens (tertiary/aromatic N) is 1. The Labute approximate surface area is 169 Å². The molecule has 1 aromatic rings. The highest BCUT2D eigenvalue weighted by molar-refractivity contribution is 5.94. The van der Waals surface area contributed by atoms with Crippen LogP contribution in [0.4, 0.5) is 18.9 Å². The molecular formula is C22H28F3N3O. The first-order valence-corrected chi connectivity index (χ1v) is 10.4. The second-order valence-electron chi connectivity index (χ2n) is 9.37. The van der Waals surface area contributed by atoms with Crippen molar-refractivity contribution in [3.63, 3.8) is 0 Å². The number of nitrogens with two attached hydrogens (primary N) is 1. The van der Waals surface area contributed by atoms with E-state index in [4.69, 9.17) is 5.73 Å². The van der Waals surface area contributed by atoms with E-state index in [2.05, 4.69) is 10.3 Å². The van der Waals surface area contributed by atoms with Crippen molar-refractivity contribution in [2.24, 2.45) is 22.1 Å². The number of hydrogen-bond donors (Lipinski definition) is 2. The van der Waals surface area contributed by atoms with Crippen molar-refractivity contribution in [1.82, 2.24) is 0 Å². The lowest BCUT2D eigenvalue weighted by molar-refractivity contribution is -0.117. The second kappa shape index (κ2) is 7.03. The smallest absolute Gasteiger partial charge is 0.248 e. The summed E-state index contributed by atoms with van der Waals surface area (Å²) in [5.74, 6) is -2.64. The van der Waals surface area contributed by atoms with Gasteiger partial charge in [-0.1, -0.05) is 0 Å². The predicted molar refractivity (Wildman–Crippen MR) is 106 cm³/mol. The van der Waals surface area contributed by atoms with Crippen molar-refractivity contribution in [3.8, 4) is 0 Å². The lowest BCUT2D eigenvalue weighted by Crippen LogP contribution is -2.37. The molecule has 1 atom stereocenters. The van der Waals surface area contributed by atoms with Crippen LogP contribution in [0.1, 0.15) is 70.3 Å². The van der Waals surface area contributed by atoms with E-state index in [1.165, 1.54) is 6.07 Å². The van der Waals surface area contributed by atoms with E-state index in [1.54, 1.807) is 12.1 Å². The van der Waals surface area contributed by atoms with Gasteiger partial charge in [0.15, 0.2) is 0 Å². The van der Waals surface area contributed by atoms with Crippen LogP contribution in [0.5, 0.6) is 0 Å². The molecule has 1 heterocycles. The molecule has 1 aromatic carbocycles. The van der Waals surface area contributed by atoms with Gasteiger partial charge in [0.2, 0.25) is 11.8 Å². The van der Waals surface area contributed by atoms with Crippen molar-refractivity contribution in [2.75, 3.05) is 5.32 Å². The summed E-state index contributed by atoms with van der Waals surface area (Å²) in [6.45, 7) is 1.82. The Bertz CT molecular complexity index is 840. The van der Waals surface area contributed by atoms with E-state index >= 15 is 0 Å². The molecular weight excluding hydrogens is 379 g/mol. The summed E-state index contributed by atoms with van der Waals surface area (Å²) in [4.78, 5) is 16.8. The third-order valence-corrected chi connectivity index (χ3v) is 6.83. The molecule has 0 saturated heterocycles. The molecule has 7 heteroatoms. The average molecular weight is 407 g/mol. The zero-order valence-electron chi connectivity index (χ0n) is 16.7. The van der Waals surface area contributed by atoms with Crippen molar-refractivity contribution < 1.29 is 18.0 Å². The standard InChI is InChI=1S/C22H28F3N3O/c1-20(16-12-15(4-5-17(16)23)27-19(29)14-2-3-14)13-21(7-6-18(26)28-20)8-10-22(24,25)11-9-21/h4-5,12,14H,2-3,6-11,13H2,1H3,(H2,26,28)(H,27,29)/t20-/m0/s1. The number of nitrogens with one attached hydrogen (secondary N) is 1. The Morgan fingerprint density at radius 3 is 2.52 bits per heavy atom. The Balaban J connectivity index is 1.65. The van der Waals surface area contributed by atoms with Crippen molar-refractivity contribution in [1.29, 1.82) is 0 Å². The summed E-state index contributed by atoms with van der Waals surface area (Å²) in [6, 6.07) is 4.51. The first kappa shape index (κ1) is 20.2. The number of amidine groups is 1. The van der Waals surface area contributed by atoms with Crippen molar-refractivity contribution >= 4 is 17.4 Å². The molecule has 0 radical (unpaired) electrons. The third kappa shape index (κ3) is 4.28. The van der Waals surface area contributed by atoms with E-state index in [1.807, 2.05) is 6.92 Å². The molecule has 2 aliphatic carbocycles. The van der Waals surface area contributed by atoms with Crippen LogP contribution < -0.4 is 11.1 Å². The lowest BCUT2D eigenvalue weighted by Gasteiger charge is -2.43. The predicted octanol–water partition coefficient (Wildman–Crippen LogP) is 5.13. The topological polar surface area (TPSA) is 67.5 Å². The number of benzene rings is 1. The molecule has 1 spiro atoms. The number of anilines is 1. The van der Waals surface area contributed by atoms with Crippen LogP contribution in [0.15, 0.2) is 23.2 Å². The highest BCUT2D eigenvalue weighted by Gasteiger charge is 2.48. The average Bonchev–Trinajstić information content (AvgIpc) is 3.49. The molecule has 1 amide bonds. The molecule has 0 aromatic heterocycles. The summed E-state index contributed by atoms with van der Waals surface area (Å²) in [5, 5.41) is 2.85. The number of aliphatic imine (C=N–C) groups is 1. The Hall–Kier alpha value is -2.05. The molecule has 2 fully saturated rings. The molecule has 0 unspecified atom stereocenters. The number of carbonyl (C=O) groups excluding carboxylic acids is 1. The fraction of sp³-hybridized carbons (Fsp3) is 0.636. The molecule has 1 aliphatic heterocycles. The van der Waals surface area contributed by atoms with E-state index < -0.39 is 17.3 Å². The normalized spacial score (nSPS) is 28.5. The highest BCUT2D eigenvalue weighted by atomic mass is 19.3. The molecule has 4 rings (SSSR count). The summed E-state index contributed by atoms with van der Waals surface area (Å²) in [5.41, 5.74) is 5.71. The summed E-state index contributed by atoms with van der Waals surface area (Å²) in [7, 11) is 0. The molecule has 3 aliphatic rings. The largest absolute Gasteiger partial charge is 0.387 e. The molecule has 0 bridgehead atoms. The maximum Gasteiger partial charge on any atom is 0.248 e. The Morgan fingerprint density at radius 1 is 1.17 bits per heavy atom. The first-order chi connectivity index (χ1) is 13.6. The van der Waals surface area contributed by atoms with E-state index in [0.29, 0.717) is 49.2 Å². The van der Waals surface area contributed by atoms with Crippen LogP contribution in [0.2, 0.25) is 0 Å². The summed E-state index contributed by atoms with van der Waals surface area (Å²) >= 11 is 0. The maximum atomic E-state index is 14.9. The second-order valence-corrected chi connectivity index (χ2v) is 9.37. The van der Waals surface area contributed by atoms with Gasteiger partial charge in [-0.05, 0) is 69.1 Å². The van der Waals surface area contributed by atoms with Gasteiger partial charge in [-0.3, -0.25) is 9.79 Å². The van der Waals surface area contributed by atoms with Crippen LogP contribution in [0.3, 0.4) is 0 Å². The number of halogens is 3. The van der Waals surface area contributed by atoms with Gasteiger partial charge in [-0.25, -0.2) is 13.2 Å². The number of rotatable bonds is 3. The van der Waals surface area contributed by atoms with Gasteiger partial charge in [0.25, 0.3) is 0 Å². The van der Waals surface area contributed by atoms with E-state index in [-0.39, 0.29) is 30.1 Å². The minimum atomic E-state index is -2.63. The Kier molecular flexibility index (Phi) is 4.90. The SMILES string of the molecule is C[C@@]1(c2cc(NC(=O)C3CC3)ccc2F)CC2(CCC(N)=N1)CCC(F)(F)CC2. The number of alkyl halides is 2. The van der Waals surface area contributed by atoms with E-state index in [9.17, 15) is 18.0 Å². The Morgan fingerprint density at radius 2 is 1.86 bits per heavy atom. The van der Waals surface area contributed by atoms with Crippen LogP contribution in [0.25, 0.3) is 0 Å². The van der Waals surface area contributed by atoms with Gasteiger partial charge in [-0.15, -0.1) is 0 Å². The summed E-state index contributed by atoms with van der Waals surface area (Å²) in [6.07, 6.45) is 3.92. The zero-order valence-corrected chi connectivity index (χ0v) is 16.7. The van der Waals surface area contributed by atoms with Crippen LogP contribution in [0, 0.1) is 17.2 Å². The molecule has 29 heavy (non-hydrogen) atoms. The van der Waals surface area contributed by atoms with Crippen LogP contribution in [-0.2, 0) is 10.3 Å². The van der Waals surface area contributed by atoms with Crippen molar-refractivity contribution in [3.05, 3.63) is 29.6 Å². The van der Waals surface area contributed by atoms with Gasteiger partial charge in [0, 0.05) is 36.4 Å². The van der Waals surface area contributed by atoms with Crippen LogP contribution >= 0.6 is 0 Å². The molecule has 158 valence electrons. The van der Waals surface area contributed by atoms with Gasteiger partial charge in [0.1, 0.15) is 5.82 Å². The zero-order chi connectivity index (χ0) is 20.9. The fourth-order valence-corrected chi connectivity index (χ4v) is 4.96. The van der Waals surface area contributed by atoms with Gasteiger partial charge < -0.3 is 11.1 Å². The fourth-order valence-electron chi connectivity index (χ4n) is 4.96. The minimum absolute atomic E-state index is 0.0396. The molecule has 4 nitrogen and oxygen atoms in total. The van der Waals surface area contributed by atoms with Gasteiger partial charge >= 0.3 is 0 Å². The lowest BCUT2D eigenvalue weighted by atomic mass is 9.64. The van der Waals surface area contributed by atoms with Crippen molar-refractivity contribution in [2.45, 2.75) is 76.2 Å². The first-order valence-electron chi connectivity index (χ1n) is 10.4. The molecule has 3 N–H and O–H groups in total. The van der Waals surface area contributed by atoms with E-state index in [0.717, 1.165) is 12.8 Å². The third-order valence-electron chi connectivity index (χ3n) is 6.83. The summed E-state index contributed by atoms with van der Waals surface area (Å²) < 4.78 is 42.5. The maximum absolute atomic E-state index is 14.9. The quantitative estimate of drug-likeness (QED) is 0.730.